The van der Waals surface area contributed by atoms with Gasteiger partial charge >= 0.3 is 12.0 Å². The summed E-state index contributed by atoms with van der Waals surface area (Å²) in [6, 6.07) is 7.67. The van der Waals surface area contributed by atoms with Gasteiger partial charge in [-0.15, -0.1) is 4.98 Å². The van der Waals surface area contributed by atoms with Crippen LogP contribution >= 0.6 is 0 Å². The first kappa shape index (κ1) is 14.0. The smallest absolute Gasteiger partial charge is 0.330 e. The topological polar surface area (TPSA) is 89.4 Å². The molecule has 0 fully saturated rings. The van der Waals surface area contributed by atoms with Crippen LogP contribution < -0.4 is 14.8 Å². The van der Waals surface area contributed by atoms with E-state index < -0.39 is 0 Å². The van der Waals surface area contributed by atoms with Crippen molar-refractivity contribution in [2.45, 2.75) is 6.42 Å². The molecule has 0 amide bonds. The largest absolute Gasteiger partial charge is 0.467 e. The van der Waals surface area contributed by atoms with Crippen LogP contribution in [0.1, 0.15) is 5.56 Å². The van der Waals surface area contributed by atoms with Crippen molar-refractivity contribution in [1.82, 2.24) is 15.0 Å². The van der Waals surface area contributed by atoms with Crippen molar-refractivity contribution in [1.29, 1.82) is 0 Å². The number of aliphatic hydroxyl groups is 1. The lowest BCUT2D eigenvalue weighted by atomic mass is 10.1. The third-order valence-corrected chi connectivity index (χ3v) is 2.53. The molecule has 7 nitrogen and oxygen atoms in total. The number of hydrogen-bond acceptors (Lipinski definition) is 7. The number of aromatic nitrogens is 3. The average molecular weight is 276 g/mol. The van der Waals surface area contributed by atoms with E-state index in [9.17, 15) is 0 Å². The summed E-state index contributed by atoms with van der Waals surface area (Å²) < 4.78 is 10.5. The van der Waals surface area contributed by atoms with Crippen molar-refractivity contribution >= 4 is 5.95 Å². The second-order valence-electron chi connectivity index (χ2n) is 3.90. The second kappa shape index (κ2) is 6.67. The van der Waals surface area contributed by atoms with Crippen LogP contribution in [-0.2, 0) is 6.42 Å². The van der Waals surface area contributed by atoms with E-state index in [0.717, 1.165) is 5.56 Å². The summed E-state index contributed by atoms with van der Waals surface area (Å²) in [6.45, 7) is 0.121. The summed E-state index contributed by atoms with van der Waals surface area (Å²) in [5.41, 5.74) is 1.03. The fourth-order valence-corrected chi connectivity index (χ4v) is 1.55. The zero-order valence-corrected chi connectivity index (χ0v) is 11.3. The normalized spacial score (nSPS) is 10.2. The Morgan fingerprint density at radius 1 is 1.10 bits per heavy atom. The molecule has 1 aromatic carbocycles. The maximum absolute atomic E-state index is 8.86. The van der Waals surface area contributed by atoms with Crippen molar-refractivity contribution in [2.75, 3.05) is 26.1 Å². The Hall–Kier alpha value is -2.41. The fourth-order valence-electron chi connectivity index (χ4n) is 1.55. The molecule has 0 atom stereocenters. The summed E-state index contributed by atoms with van der Waals surface area (Å²) >= 11 is 0. The van der Waals surface area contributed by atoms with Crippen molar-refractivity contribution in [2.24, 2.45) is 0 Å². The number of hydrogen-bond donors (Lipinski definition) is 2. The highest BCUT2D eigenvalue weighted by Crippen LogP contribution is 2.20. The summed E-state index contributed by atoms with van der Waals surface area (Å²) in [5.74, 6) is 0.964. The van der Waals surface area contributed by atoms with Crippen LogP contribution in [0.5, 0.6) is 17.8 Å². The number of methoxy groups -OCH3 is 1. The third-order valence-electron chi connectivity index (χ3n) is 2.53. The first-order valence-corrected chi connectivity index (χ1v) is 6.10. The molecule has 0 bridgehead atoms. The molecule has 1 heterocycles. The lowest BCUT2D eigenvalue weighted by molar-refractivity contribution is 0.299. The molecular formula is C13H16N4O3. The van der Waals surface area contributed by atoms with E-state index in [1.165, 1.54) is 7.11 Å². The first-order chi connectivity index (χ1) is 9.75. The Morgan fingerprint density at radius 2 is 1.80 bits per heavy atom. The number of benzene rings is 1. The molecule has 2 rings (SSSR count). The van der Waals surface area contributed by atoms with Gasteiger partial charge in [0.05, 0.1) is 7.11 Å². The van der Waals surface area contributed by atoms with Crippen LogP contribution in [0.4, 0.5) is 5.95 Å². The number of rotatable bonds is 6. The Bertz CT molecular complexity index is 538. The summed E-state index contributed by atoms with van der Waals surface area (Å²) in [4.78, 5) is 12.1. The average Bonchev–Trinajstić information content (AvgIpc) is 2.49. The molecule has 2 aromatic rings. The lowest BCUT2D eigenvalue weighted by Crippen LogP contribution is -2.03. The predicted molar refractivity (Wildman–Crippen MR) is 73.2 cm³/mol. The van der Waals surface area contributed by atoms with Gasteiger partial charge in [0.25, 0.3) is 0 Å². The second-order valence-corrected chi connectivity index (χ2v) is 3.90. The van der Waals surface area contributed by atoms with Gasteiger partial charge in [-0.2, -0.15) is 9.97 Å². The zero-order valence-electron chi connectivity index (χ0n) is 11.3. The molecule has 2 N–H and O–H groups in total. The van der Waals surface area contributed by atoms with Crippen molar-refractivity contribution in [3.8, 4) is 17.8 Å². The molecule has 0 aliphatic carbocycles. The highest BCUT2D eigenvalue weighted by molar-refractivity contribution is 5.31. The number of anilines is 1. The van der Waals surface area contributed by atoms with Crippen molar-refractivity contribution in [3.63, 3.8) is 0 Å². The monoisotopic (exact) mass is 276 g/mol. The Morgan fingerprint density at radius 3 is 2.40 bits per heavy atom. The van der Waals surface area contributed by atoms with Crippen LogP contribution in [0.3, 0.4) is 0 Å². The molecule has 7 heteroatoms. The minimum atomic E-state index is 0.121. The minimum absolute atomic E-state index is 0.121. The van der Waals surface area contributed by atoms with Crippen molar-refractivity contribution in [3.05, 3.63) is 29.8 Å². The standard InChI is InChI=1S/C13H16N4O3/c1-14-11-15-12(19-2)17-13(16-11)20-10-5-3-9(4-6-10)7-8-18/h3-6,18H,7-8H2,1-2H3,(H,14,15,16,17). The van der Waals surface area contributed by atoms with Crippen LogP contribution in [-0.4, -0.2) is 40.8 Å². The molecule has 0 saturated heterocycles. The van der Waals surface area contributed by atoms with E-state index in [1.807, 2.05) is 12.1 Å². The quantitative estimate of drug-likeness (QED) is 0.820. The molecule has 106 valence electrons. The molecular weight excluding hydrogens is 260 g/mol. The van der Waals surface area contributed by atoms with Crippen molar-refractivity contribution < 1.29 is 14.6 Å². The van der Waals surface area contributed by atoms with Crippen LogP contribution in [0.25, 0.3) is 0 Å². The first-order valence-electron chi connectivity index (χ1n) is 6.10. The van der Waals surface area contributed by atoms with Gasteiger partial charge < -0.3 is 19.9 Å². The molecule has 0 spiro atoms. The Labute approximate surface area is 116 Å². The maximum Gasteiger partial charge on any atom is 0.330 e. The molecule has 20 heavy (non-hydrogen) atoms. The minimum Gasteiger partial charge on any atom is -0.467 e. The number of nitrogens with zero attached hydrogens (tertiary/aromatic N) is 3. The summed E-state index contributed by atoms with van der Waals surface area (Å²) in [5, 5.41) is 11.7. The van der Waals surface area contributed by atoms with E-state index in [1.54, 1.807) is 19.2 Å². The number of ether oxygens (including phenoxy) is 2. The predicted octanol–water partition coefficient (Wildman–Crippen LogP) is 1.25. The van der Waals surface area contributed by atoms with Crippen LogP contribution in [0.2, 0.25) is 0 Å². The van der Waals surface area contributed by atoms with E-state index >= 15 is 0 Å². The van der Waals surface area contributed by atoms with E-state index in [4.69, 9.17) is 14.6 Å². The highest BCUT2D eigenvalue weighted by Gasteiger charge is 2.07. The molecule has 1 aromatic heterocycles. The van der Waals surface area contributed by atoms with Crippen LogP contribution in [0.15, 0.2) is 24.3 Å². The third kappa shape index (κ3) is 3.55. The van der Waals surface area contributed by atoms with Gasteiger partial charge in [-0.05, 0) is 24.1 Å². The van der Waals surface area contributed by atoms with E-state index in [-0.39, 0.29) is 18.6 Å². The zero-order chi connectivity index (χ0) is 14.4. The van der Waals surface area contributed by atoms with E-state index in [0.29, 0.717) is 18.1 Å². The molecule has 0 aliphatic rings. The SMILES string of the molecule is CNc1nc(OC)nc(Oc2ccc(CCO)cc2)n1. The molecule has 0 saturated carbocycles. The summed E-state index contributed by atoms with van der Waals surface area (Å²) in [6.07, 6.45) is 0.615. The highest BCUT2D eigenvalue weighted by atomic mass is 16.5. The maximum atomic E-state index is 8.86. The lowest BCUT2D eigenvalue weighted by Gasteiger charge is -2.07. The molecule has 0 aliphatic heterocycles. The van der Waals surface area contributed by atoms with E-state index in [2.05, 4.69) is 20.3 Å². The summed E-state index contributed by atoms with van der Waals surface area (Å²) in [7, 11) is 3.17. The Balaban J connectivity index is 2.16. The molecule has 0 unspecified atom stereocenters. The molecule has 0 radical (unpaired) electrons. The van der Waals surface area contributed by atoms with Crippen LogP contribution in [0, 0.1) is 0 Å². The van der Waals surface area contributed by atoms with Gasteiger partial charge in [0.2, 0.25) is 5.95 Å². The van der Waals surface area contributed by atoms with Gasteiger partial charge in [0.15, 0.2) is 0 Å². The van der Waals surface area contributed by atoms with Gasteiger partial charge in [0, 0.05) is 13.7 Å². The van der Waals surface area contributed by atoms with Gasteiger partial charge in [-0.25, -0.2) is 0 Å². The van der Waals surface area contributed by atoms with Gasteiger partial charge in [-0.3, -0.25) is 0 Å². The number of aliphatic hydroxyl groups excluding tert-OH is 1. The number of nitrogens with one attached hydrogen (secondary N) is 1. The Kier molecular flexibility index (Phi) is 4.67. The van der Waals surface area contributed by atoms with Gasteiger partial charge in [0.1, 0.15) is 5.75 Å². The van der Waals surface area contributed by atoms with Gasteiger partial charge in [-0.1, -0.05) is 12.1 Å². The fraction of sp³-hybridized carbons (Fsp3) is 0.308.